The number of benzene rings is 3. The van der Waals surface area contributed by atoms with E-state index in [9.17, 15) is 17.6 Å². The first kappa shape index (κ1) is 27.9. The molecule has 0 radical (unpaired) electrons. The van der Waals surface area contributed by atoms with Crippen LogP contribution in [0, 0.1) is 17.6 Å². The maximum Gasteiger partial charge on any atom is 0.426 e. The van der Waals surface area contributed by atoms with E-state index in [4.69, 9.17) is 4.74 Å². The lowest BCUT2D eigenvalue weighted by Gasteiger charge is -2.29. The molecule has 0 saturated heterocycles. The predicted molar refractivity (Wildman–Crippen MR) is 134 cm³/mol. The summed E-state index contributed by atoms with van der Waals surface area (Å²) in [5.41, 5.74) is 0.463. The summed E-state index contributed by atoms with van der Waals surface area (Å²) >= 11 is 0. The Hall–Kier alpha value is -3.16. The van der Waals surface area contributed by atoms with Crippen molar-refractivity contribution in [3.8, 4) is 22.6 Å². The van der Waals surface area contributed by atoms with Crippen LogP contribution in [-0.4, -0.2) is 6.61 Å². The minimum Gasteiger partial charge on any atom is -0.429 e. The van der Waals surface area contributed by atoms with Crippen LogP contribution in [0.3, 0.4) is 0 Å². The molecule has 1 saturated carbocycles. The Kier molecular flexibility index (Phi) is 8.90. The molecule has 1 aliphatic carbocycles. The second-order valence-electron chi connectivity index (χ2n) is 9.74. The van der Waals surface area contributed by atoms with Gasteiger partial charge >= 0.3 is 12.7 Å². The number of halogens is 6. The van der Waals surface area contributed by atoms with Crippen LogP contribution in [0.15, 0.2) is 60.7 Å². The van der Waals surface area contributed by atoms with E-state index in [0.29, 0.717) is 5.92 Å². The molecular formula is C30H30F6O2. The van der Waals surface area contributed by atoms with E-state index in [0.717, 1.165) is 49.3 Å². The Morgan fingerprint density at radius 1 is 0.895 bits per heavy atom. The number of rotatable bonds is 10. The topological polar surface area (TPSA) is 18.5 Å². The van der Waals surface area contributed by atoms with Gasteiger partial charge in [0.15, 0.2) is 17.4 Å². The molecule has 4 rings (SSSR count). The fourth-order valence-electron chi connectivity index (χ4n) is 5.13. The smallest absolute Gasteiger partial charge is 0.426 e. The van der Waals surface area contributed by atoms with Crippen molar-refractivity contribution in [1.29, 1.82) is 0 Å². The van der Waals surface area contributed by atoms with Crippen LogP contribution >= 0.6 is 0 Å². The van der Waals surface area contributed by atoms with Crippen molar-refractivity contribution in [3.63, 3.8) is 0 Å². The summed E-state index contributed by atoms with van der Waals surface area (Å²) in [6, 6.07) is 13.1. The number of hydrogen-bond donors (Lipinski definition) is 0. The van der Waals surface area contributed by atoms with Crippen molar-refractivity contribution in [1.82, 2.24) is 0 Å². The van der Waals surface area contributed by atoms with Crippen molar-refractivity contribution >= 4 is 0 Å². The minimum absolute atomic E-state index is 0.0370. The highest BCUT2D eigenvalue weighted by atomic mass is 19.3. The predicted octanol–water partition coefficient (Wildman–Crippen LogP) is 9.83. The number of ether oxygens (including phenoxy) is 2. The van der Waals surface area contributed by atoms with Crippen LogP contribution in [0.2, 0.25) is 0 Å². The lowest BCUT2D eigenvalue weighted by Crippen LogP contribution is -2.22. The number of alkyl halides is 4. The van der Waals surface area contributed by atoms with E-state index in [1.165, 1.54) is 55.7 Å². The highest BCUT2D eigenvalue weighted by Gasteiger charge is 2.36. The molecule has 0 atom stereocenters. The summed E-state index contributed by atoms with van der Waals surface area (Å²) in [6.07, 6.45) is 4.34. The second kappa shape index (κ2) is 12.1. The summed E-state index contributed by atoms with van der Waals surface area (Å²) < 4.78 is 92.7. The molecule has 1 aliphatic rings. The van der Waals surface area contributed by atoms with E-state index in [1.807, 2.05) is 0 Å². The molecule has 0 unspecified atom stereocenters. The zero-order valence-corrected chi connectivity index (χ0v) is 21.0. The third-order valence-corrected chi connectivity index (χ3v) is 7.17. The molecule has 2 nitrogen and oxygen atoms in total. The highest BCUT2D eigenvalue weighted by Crippen LogP contribution is 2.41. The van der Waals surface area contributed by atoms with Gasteiger partial charge in [-0.2, -0.15) is 17.6 Å². The minimum atomic E-state index is -3.73. The highest BCUT2D eigenvalue weighted by molar-refractivity contribution is 5.71. The van der Waals surface area contributed by atoms with E-state index < -0.39 is 30.1 Å². The third kappa shape index (κ3) is 6.63. The molecule has 38 heavy (non-hydrogen) atoms. The van der Waals surface area contributed by atoms with E-state index >= 15 is 8.78 Å². The molecule has 3 aromatic rings. The molecule has 0 aliphatic heterocycles. The fraction of sp³-hybridized carbons (Fsp3) is 0.400. The zero-order valence-electron chi connectivity index (χ0n) is 21.0. The summed E-state index contributed by atoms with van der Waals surface area (Å²) in [5.74, 6) is -3.26. The average molecular weight is 537 g/mol. The number of unbranched alkanes of at least 4 members (excludes halogenated alkanes) is 1. The molecule has 3 aromatic carbocycles. The summed E-state index contributed by atoms with van der Waals surface area (Å²) in [5, 5.41) is 0. The number of para-hydroxylation sites is 1. The van der Waals surface area contributed by atoms with Crippen molar-refractivity contribution in [2.75, 3.05) is 0 Å². The first-order chi connectivity index (χ1) is 18.2. The maximum atomic E-state index is 15.2. The van der Waals surface area contributed by atoms with Gasteiger partial charge in [0.25, 0.3) is 0 Å². The monoisotopic (exact) mass is 536 g/mol. The molecule has 0 bridgehead atoms. The maximum absolute atomic E-state index is 15.2. The van der Waals surface area contributed by atoms with Crippen LogP contribution in [0.5, 0.6) is 11.5 Å². The van der Waals surface area contributed by atoms with Gasteiger partial charge in [-0.15, -0.1) is 0 Å². The molecule has 0 spiro atoms. The van der Waals surface area contributed by atoms with Gasteiger partial charge in [-0.1, -0.05) is 56.5 Å². The average Bonchev–Trinajstić information content (AvgIpc) is 2.90. The summed E-state index contributed by atoms with van der Waals surface area (Å²) in [4.78, 5) is 0. The molecule has 0 amide bonds. The molecule has 0 heterocycles. The lowest BCUT2D eigenvalue weighted by molar-refractivity contribution is -0.185. The quantitative estimate of drug-likeness (QED) is 0.240. The Bertz CT molecular complexity index is 1180. The van der Waals surface area contributed by atoms with Crippen LogP contribution in [0.25, 0.3) is 11.1 Å². The molecule has 8 heteroatoms. The van der Waals surface area contributed by atoms with Crippen LogP contribution < -0.4 is 9.47 Å². The van der Waals surface area contributed by atoms with E-state index in [1.54, 1.807) is 12.1 Å². The first-order valence-corrected chi connectivity index (χ1v) is 12.9. The van der Waals surface area contributed by atoms with Gasteiger partial charge in [0.2, 0.25) is 0 Å². The normalized spacial score (nSPS) is 18.0. The molecule has 0 N–H and O–H groups in total. The van der Waals surface area contributed by atoms with Gasteiger partial charge in [-0.3, -0.25) is 0 Å². The van der Waals surface area contributed by atoms with E-state index in [-0.39, 0.29) is 22.4 Å². The summed E-state index contributed by atoms with van der Waals surface area (Å²) in [7, 11) is 0. The molecule has 1 fully saturated rings. The zero-order chi connectivity index (χ0) is 27.3. The third-order valence-electron chi connectivity index (χ3n) is 7.17. The van der Waals surface area contributed by atoms with Crippen molar-refractivity contribution in [2.24, 2.45) is 5.92 Å². The molecular weight excluding hydrogens is 506 g/mol. The fourth-order valence-corrected chi connectivity index (χ4v) is 5.13. The molecule has 204 valence electrons. The lowest BCUT2D eigenvalue weighted by atomic mass is 9.77. The van der Waals surface area contributed by atoms with Crippen molar-refractivity contribution in [2.45, 2.75) is 70.5 Å². The Morgan fingerprint density at radius 3 is 2.13 bits per heavy atom. The Morgan fingerprint density at radius 2 is 1.53 bits per heavy atom. The van der Waals surface area contributed by atoms with Gasteiger partial charge in [0, 0.05) is 5.56 Å². The van der Waals surface area contributed by atoms with Gasteiger partial charge < -0.3 is 9.47 Å². The Labute approximate surface area is 218 Å². The van der Waals surface area contributed by atoms with Gasteiger partial charge in [0.05, 0.1) is 5.56 Å². The van der Waals surface area contributed by atoms with Crippen molar-refractivity contribution in [3.05, 3.63) is 83.4 Å². The van der Waals surface area contributed by atoms with Crippen LogP contribution in [0.4, 0.5) is 26.3 Å². The first-order valence-electron chi connectivity index (χ1n) is 12.9. The SMILES string of the molecule is CCCCC1CCC(c2ccc(C(F)(F)Oc3ccccc3-c3cc(F)c(OC(F)F)c(F)c3)cc2)CC1. The van der Waals surface area contributed by atoms with Gasteiger partial charge in [-0.25, -0.2) is 8.78 Å². The second-order valence-corrected chi connectivity index (χ2v) is 9.74. The molecule has 0 aromatic heterocycles. The van der Waals surface area contributed by atoms with Gasteiger partial charge in [-0.05, 0) is 79.0 Å². The van der Waals surface area contributed by atoms with Gasteiger partial charge in [0.1, 0.15) is 5.75 Å². The van der Waals surface area contributed by atoms with Crippen LogP contribution in [-0.2, 0) is 6.11 Å². The number of hydrogen-bond acceptors (Lipinski definition) is 2. The standard InChI is InChI=1S/C30H30F6O2/c1-2-3-6-19-9-11-20(12-10-19)21-13-15-23(16-14-21)30(35,36)38-27-8-5-4-7-24(27)22-17-25(31)28(26(32)18-22)37-29(33)34/h4-5,7-8,13-20,29H,2-3,6,9-12H2,1H3. The Balaban J connectivity index is 1.49. The largest absolute Gasteiger partial charge is 0.429 e. The van der Waals surface area contributed by atoms with Crippen molar-refractivity contribution < 1.29 is 35.8 Å². The van der Waals surface area contributed by atoms with Crippen LogP contribution in [0.1, 0.15) is 68.9 Å². The summed E-state index contributed by atoms with van der Waals surface area (Å²) in [6.45, 7) is -1.23. The van der Waals surface area contributed by atoms with E-state index in [2.05, 4.69) is 11.7 Å².